The van der Waals surface area contributed by atoms with Gasteiger partial charge in [-0.15, -0.1) is 0 Å². The number of hydrogen-bond donors (Lipinski definition) is 1. The molecule has 7 nitrogen and oxygen atoms in total. The van der Waals surface area contributed by atoms with Gasteiger partial charge in [0.1, 0.15) is 5.82 Å². The summed E-state index contributed by atoms with van der Waals surface area (Å²) in [6.45, 7) is 2.01. The van der Waals surface area contributed by atoms with Crippen LogP contribution in [0, 0.1) is 0 Å². The van der Waals surface area contributed by atoms with E-state index in [9.17, 15) is 9.59 Å². The summed E-state index contributed by atoms with van der Waals surface area (Å²) in [6.07, 6.45) is 7.18. The Morgan fingerprint density at radius 3 is 2.66 bits per heavy atom. The molecule has 1 saturated carbocycles. The van der Waals surface area contributed by atoms with Crippen molar-refractivity contribution in [2.75, 3.05) is 19.6 Å². The number of piperidine rings is 1. The first-order valence-electron chi connectivity index (χ1n) is 10.9. The standard InChI is InChI=1S/C22H31N5O2/c1-25-22(29)27(19-11-5-6-12-19)20(24-25)18-10-7-15-26(16-18)21(28)23-14-13-17-8-3-2-4-9-17/h2-4,8-9,18-19H,5-7,10-16H2,1H3,(H,23,28). The number of nitrogens with zero attached hydrogens (tertiary/aromatic N) is 4. The van der Waals surface area contributed by atoms with Crippen LogP contribution in [0.15, 0.2) is 35.1 Å². The second-order valence-electron chi connectivity index (χ2n) is 8.33. The van der Waals surface area contributed by atoms with Crippen molar-refractivity contribution in [3.05, 3.63) is 52.2 Å². The molecule has 0 spiro atoms. The molecule has 0 radical (unpaired) electrons. The lowest BCUT2D eigenvalue weighted by Crippen LogP contribution is -2.46. The van der Waals surface area contributed by atoms with Gasteiger partial charge in [0.15, 0.2) is 0 Å². The smallest absolute Gasteiger partial charge is 0.338 e. The number of carbonyl (C=O) groups is 1. The summed E-state index contributed by atoms with van der Waals surface area (Å²) in [6, 6.07) is 10.4. The summed E-state index contributed by atoms with van der Waals surface area (Å²) in [4.78, 5) is 27.3. The summed E-state index contributed by atoms with van der Waals surface area (Å²) in [5, 5.41) is 7.63. The topological polar surface area (TPSA) is 72.2 Å². The molecule has 156 valence electrons. The molecule has 2 aromatic rings. The van der Waals surface area contributed by atoms with Crippen molar-refractivity contribution in [2.45, 2.75) is 56.9 Å². The lowest BCUT2D eigenvalue weighted by molar-refractivity contribution is 0.177. The van der Waals surface area contributed by atoms with Crippen LogP contribution in [0.4, 0.5) is 4.79 Å². The zero-order valence-electron chi connectivity index (χ0n) is 17.2. The van der Waals surface area contributed by atoms with Crippen molar-refractivity contribution in [2.24, 2.45) is 7.05 Å². The second kappa shape index (κ2) is 8.84. The number of urea groups is 1. The van der Waals surface area contributed by atoms with Gasteiger partial charge in [-0.2, -0.15) is 5.10 Å². The molecular weight excluding hydrogens is 366 g/mol. The molecule has 1 N–H and O–H groups in total. The largest absolute Gasteiger partial charge is 0.345 e. The highest BCUT2D eigenvalue weighted by atomic mass is 16.2. The predicted octanol–water partition coefficient (Wildman–Crippen LogP) is 2.83. The van der Waals surface area contributed by atoms with Gasteiger partial charge in [-0.05, 0) is 37.7 Å². The monoisotopic (exact) mass is 397 g/mol. The number of carbonyl (C=O) groups excluding carboxylic acids is 1. The average Bonchev–Trinajstić information content (AvgIpc) is 3.37. The number of benzene rings is 1. The summed E-state index contributed by atoms with van der Waals surface area (Å²) in [7, 11) is 1.73. The molecule has 29 heavy (non-hydrogen) atoms. The first kappa shape index (κ1) is 19.7. The molecule has 1 atom stereocenters. The van der Waals surface area contributed by atoms with Crippen LogP contribution in [0.2, 0.25) is 0 Å². The Kier molecular flexibility index (Phi) is 6.02. The first-order valence-corrected chi connectivity index (χ1v) is 10.9. The van der Waals surface area contributed by atoms with E-state index in [0.29, 0.717) is 13.1 Å². The fourth-order valence-corrected chi connectivity index (χ4v) is 4.73. The van der Waals surface area contributed by atoms with E-state index in [1.807, 2.05) is 27.7 Å². The number of amides is 2. The fraction of sp³-hybridized carbons (Fsp3) is 0.591. The first-order chi connectivity index (χ1) is 14.1. The maximum Gasteiger partial charge on any atom is 0.345 e. The van der Waals surface area contributed by atoms with E-state index in [0.717, 1.165) is 44.5 Å². The van der Waals surface area contributed by atoms with Crippen LogP contribution in [0.3, 0.4) is 0 Å². The van der Waals surface area contributed by atoms with Gasteiger partial charge in [0, 0.05) is 38.6 Å². The minimum Gasteiger partial charge on any atom is -0.338 e. The van der Waals surface area contributed by atoms with Gasteiger partial charge in [-0.1, -0.05) is 43.2 Å². The van der Waals surface area contributed by atoms with Crippen molar-refractivity contribution >= 4 is 6.03 Å². The van der Waals surface area contributed by atoms with E-state index in [1.165, 1.54) is 23.1 Å². The van der Waals surface area contributed by atoms with Crippen LogP contribution in [0.1, 0.15) is 61.9 Å². The molecule has 2 heterocycles. The zero-order chi connectivity index (χ0) is 20.2. The second-order valence-corrected chi connectivity index (χ2v) is 8.33. The third kappa shape index (κ3) is 4.38. The van der Waals surface area contributed by atoms with E-state index in [-0.39, 0.29) is 23.7 Å². The van der Waals surface area contributed by atoms with Crippen LogP contribution in [0.25, 0.3) is 0 Å². The van der Waals surface area contributed by atoms with Gasteiger partial charge < -0.3 is 10.2 Å². The summed E-state index contributed by atoms with van der Waals surface area (Å²) >= 11 is 0. The summed E-state index contributed by atoms with van der Waals surface area (Å²) < 4.78 is 3.39. The fourth-order valence-electron chi connectivity index (χ4n) is 4.73. The van der Waals surface area contributed by atoms with Gasteiger partial charge in [0.2, 0.25) is 0 Å². The van der Waals surface area contributed by atoms with Crippen molar-refractivity contribution in [3.63, 3.8) is 0 Å². The van der Waals surface area contributed by atoms with Crippen molar-refractivity contribution in [1.29, 1.82) is 0 Å². The Morgan fingerprint density at radius 2 is 1.90 bits per heavy atom. The van der Waals surface area contributed by atoms with Gasteiger partial charge in [0.25, 0.3) is 0 Å². The van der Waals surface area contributed by atoms with Crippen LogP contribution in [-0.4, -0.2) is 44.9 Å². The molecule has 1 aromatic heterocycles. The maximum atomic E-state index is 12.7. The minimum atomic E-state index is -0.0173. The Hall–Kier alpha value is -2.57. The van der Waals surface area contributed by atoms with Crippen molar-refractivity contribution in [1.82, 2.24) is 24.6 Å². The number of aromatic nitrogens is 3. The third-order valence-corrected chi connectivity index (χ3v) is 6.28. The predicted molar refractivity (Wildman–Crippen MR) is 112 cm³/mol. The molecule has 7 heteroatoms. The Balaban J connectivity index is 1.40. The summed E-state index contributed by atoms with van der Waals surface area (Å²) in [5.74, 6) is 0.990. The molecule has 2 amide bonds. The molecule has 0 bridgehead atoms. The molecule has 2 aliphatic rings. The maximum absolute atomic E-state index is 12.7. The van der Waals surface area contributed by atoms with Crippen LogP contribution < -0.4 is 11.0 Å². The number of hydrogen-bond acceptors (Lipinski definition) is 3. The quantitative estimate of drug-likeness (QED) is 0.843. The number of aryl methyl sites for hydroxylation is 1. The molecule has 1 aliphatic carbocycles. The molecule has 2 fully saturated rings. The lowest BCUT2D eigenvalue weighted by Gasteiger charge is -2.32. The minimum absolute atomic E-state index is 0.0173. The van der Waals surface area contributed by atoms with Crippen LogP contribution in [-0.2, 0) is 13.5 Å². The molecule has 1 saturated heterocycles. The van der Waals surface area contributed by atoms with E-state index < -0.39 is 0 Å². The average molecular weight is 398 g/mol. The van der Waals surface area contributed by atoms with Crippen molar-refractivity contribution in [3.8, 4) is 0 Å². The highest BCUT2D eigenvalue weighted by Crippen LogP contribution is 2.33. The molecule has 1 aliphatic heterocycles. The Bertz CT molecular complexity index is 882. The third-order valence-electron chi connectivity index (χ3n) is 6.28. The van der Waals surface area contributed by atoms with Crippen LogP contribution >= 0.6 is 0 Å². The Labute approximate surface area is 171 Å². The number of rotatable bonds is 5. The normalized spacial score (nSPS) is 20.2. The van der Waals surface area contributed by atoms with Gasteiger partial charge >= 0.3 is 11.7 Å². The highest BCUT2D eigenvalue weighted by molar-refractivity contribution is 5.74. The lowest BCUT2D eigenvalue weighted by atomic mass is 9.97. The van der Waals surface area contributed by atoms with E-state index >= 15 is 0 Å². The SMILES string of the molecule is Cn1nc(C2CCCN(C(=O)NCCc3ccccc3)C2)n(C2CCCC2)c1=O. The van der Waals surface area contributed by atoms with Crippen LogP contribution in [0.5, 0.6) is 0 Å². The van der Waals surface area contributed by atoms with Gasteiger partial charge in [-0.25, -0.2) is 14.3 Å². The number of nitrogens with one attached hydrogen (secondary N) is 1. The molecular formula is C22H31N5O2. The van der Waals surface area contributed by atoms with E-state index in [2.05, 4.69) is 22.5 Å². The van der Waals surface area contributed by atoms with Crippen molar-refractivity contribution < 1.29 is 4.79 Å². The van der Waals surface area contributed by atoms with E-state index in [4.69, 9.17) is 0 Å². The number of likely N-dealkylation sites (tertiary alicyclic amines) is 1. The summed E-state index contributed by atoms with van der Waals surface area (Å²) in [5.41, 5.74) is 1.20. The highest BCUT2D eigenvalue weighted by Gasteiger charge is 2.32. The molecule has 1 unspecified atom stereocenters. The zero-order valence-corrected chi connectivity index (χ0v) is 17.2. The Morgan fingerprint density at radius 1 is 1.14 bits per heavy atom. The van der Waals surface area contributed by atoms with E-state index in [1.54, 1.807) is 7.05 Å². The molecule has 1 aromatic carbocycles. The van der Waals surface area contributed by atoms with Gasteiger partial charge in [-0.3, -0.25) is 4.57 Å². The van der Waals surface area contributed by atoms with Gasteiger partial charge in [0.05, 0.1) is 0 Å². The molecule has 4 rings (SSSR count).